The van der Waals surface area contributed by atoms with Crippen LogP contribution in [0, 0.1) is 6.92 Å². The van der Waals surface area contributed by atoms with Crippen molar-refractivity contribution >= 4 is 18.0 Å². The summed E-state index contributed by atoms with van der Waals surface area (Å²) in [6, 6.07) is 10.5. The van der Waals surface area contributed by atoms with E-state index < -0.39 is 5.97 Å². The van der Waals surface area contributed by atoms with E-state index in [2.05, 4.69) is 9.98 Å². The van der Waals surface area contributed by atoms with Gasteiger partial charge in [0, 0.05) is 18.0 Å². The molecule has 0 bridgehead atoms. The summed E-state index contributed by atoms with van der Waals surface area (Å²) in [5.74, 6) is -0.368. The minimum atomic E-state index is -0.963. The van der Waals surface area contributed by atoms with Gasteiger partial charge in [0.15, 0.2) is 5.82 Å². The number of carbonyl (C=O) groups is 1. The predicted octanol–water partition coefficient (Wildman–Crippen LogP) is 2.84. The van der Waals surface area contributed by atoms with Gasteiger partial charge in [-0.1, -0.05) is 24.3 Å². The quantitative estimate of drug-likeness (QED) is 0.839. The Kier molecular flexibility index (Phi) is 3.48. The monoisotopic (exact) mass is 240 g/mol. The first kappa shape index (κ1) is 12.0. The summed E-state index contributed by atoms with van der Waals surface area (Å²) in [5.41, 5.74) is 1.74. The summed E-state index contributed by atoms with van der Waals surface area (Å²) < 4.78 is 0. The molecule has 90 valence electrons. The van der Waals surface area contributed by atoms with Crippen LogP contribution in [0.1, 0.15) is 21.5 Å². The Labute approximate surface area is 105 Å². The zero-order chi connectivity index (χ0) is 13.0. The lowest BCUT2D eigenvalue weighted by Gasteiger charge is -2.00. The predicted molar refractivity (Wildman–Crippen MR) is 69.6 cm³/mol. The van der Waals surface area contributed by atoms with Gasteiger partial charge in [0.05, 0.1) is 5.56 Å². The number of carboxylic acids is 1. The molecule has 0 radical (unpaired) electrons. The molecule has 0 fully saturated rings. The van der Waals surface area contributed by atoms with Crippen molar-refractivity contribution in [2.45, 2.75) is 6.92 Å². The van der Waals surface area contributed by atoms with Crippen molar-refractivity contribution in [2.24, 2.45) is 4.99 Å². The van der Waals surface area contributed by atoms with Crippen LogP contribution in [0.25, 0.3) is 0 Å². The number of nitrogens with zero attached hydrogens (tertiary/aromatic N) is 2. The Bertz CT molecular complexity index is 606. The van der Waals surface area contributed by atoms with E-state index in [1.807, 2.05) is 19.1 Å². The SMILES string of the molecule is Cc1cccnc1N=Cc1ccccc1C(=O)O. The maximum absolute atomic E-state index is 11.0. The van der Waals surface area contributed by atoms with E-state index in [1.165, 1.54) is 6.21 Å². The first-order chi connectivity index (χ1) is 8.68. The number of benzene rings is 1. The molecule has 0 spiro atoms. The van der Waals surface area contributed by atoms with Crippen molar-refractivity contribution in [3.63, 3.8) is 0 Å². The van der Waals surface area contributed by atoms with Crippen LogP contribution in [0.5, 0.6) is 0 Å². The third-order valence-corrected chi connectivity index (χ3v) is 2.50. The van der Waals surface area contributed by atoms with Crippen LogP contribution in [0.2, 0.25) is 0 Å². The summed E-state index contributed by atoms with van der Waals surface area (Å²) in [6.07, 6.45) is 3.18. The van der Waals surface area contributed by atoms with E-state index in [0.29, 0.717) is 11.4 Å². The molecular weight excluding hydrogens is 228 g/mol. The lowest BCUT2D eigenvalue weighted by atomic mass is 10.1. The van der Waals surface area contributed by atoms with Gasteiger partial charge in [-0.3, -0.25) is 0 Å². The number of hydrogen-bond acceptors (Lipinski definition) is 3. The number of aromatic nitrogens is 1. The maximum atomic E-state index is 11.0. The Balaban J connectivity index is 2.35. The Morgan fingerprint density at radius 3 is 2.78 bits per heavy atom. The summed E-state index contributed by atoms with van der Waals surface area (Å²) in [6.45, 7) is 1.91. The lowest BCUT2D eigenvalue weighted by Crippen LogP contribution is -2.01. The van der Waals surface area contributed by atoms with Gasteiger partial charge in [-0.05, 0) is 24.6 Å². The molecule has 0 atom stereocenters. The highest BCUT2D eigenvalue weighted by atomic mass is 16.4. The van der Waals surface area contributed by atoms with Crippen LogP contribution in [0.3, 0.4) is 0 Å². The fourth-order valence-corrected chi connectivity index (χ4v) is 1.55. The molecule has 0 aliphatic carbocycles. The normalized spacial score (nSPS) is 10.7. The van der Waals surface area contributed by atoms with Crippen molar-refractivity contribution in [1.29, 1.82) is 0 Å². The van der Waals surface area contributed by atoms with Gasteiger partial charge in [-0.2, -0.15) is 0 Å². The van der Waals surface area contributed by atoms with E-state index >= 15 is 0 Å². The molecule has 1 heterocycles. The van der Waals surface area contributed by atoms with E-state index in [4.69, 9.17) is 5.11 Å². The van der Waals surface area contributed by atoms with Crippen LogP contribution in [0.4, 0.5) is 5.82 Å². The van der Waals surface area contributed by atoms with Gasteiger partial charge in [0.1, 0.15) is 0 Å². The van der Waals surface area contributed by atoms with Crippen LogP contribution in [-0.4, -0.2) is 22.3 Å². The average molecular weight is 240 g/mol. The van der Waals surface area contributed by atoms with Gasteiger partial charge < -0.3 is 5.11 Å². The second-order valence-electron chi connectivity index (χ2n) is 3.79. The number of aryl methyl sites for hydroxylation is 1. The molecule has 1 N–H and O–H groups in total. The van der Waals surface area contributed by atoms with Crippen molar-refractivity contribution in [2.75, 3.05) is 0 Å². The molecule has 4 heteroatoms. The minimum Gasteiger partial charge on any atom is -0.478 e. The molecule has 2 rings (SSSR count). The lowest BCUT2D eigenvalue weighted by molar-refractivity contribution is 0.0697. The van der Waals surface area contributed by atoms with Gasteiger partial charge in [0.2, 0.25) is 0 Å². The third-order valence-electron chi connectivity index (χ3n) is 2.50. The summed E-state index contributed by atoms with van der Waals surface area (Å²) in [4.78, 5) is 19.4. The van der Waals surface area contributed by atoms with Crippen molar-refractivity contribution in [1.82, 2.24) is 4.98 Å². The molecule has 1 aromatic carbocycles. The molecule has 4 nitrogen and oxygen atoms in total. The van der Waals surface area contributed by atoms with Gasteiger partial charge in [-0.15, -0.1) is 0 Å². The van der Waals surface area contributed by atoms with Gasteiger partial charge in [0.25, 0.3) is 0 Å². The number of hydrogen-bond donors (Lipinski definition) is 1. The maximum Gasteiger partial charge on any atom is 0.336 e. The standard InChI is InChI=1S/C14H12N2O2/c1-10-5-4-8-15-13(10)16-9-11-6-2-3-7-12(11)14(17)18/h2-9H,1H3,(H,17,18). The van der Waals surface area contributed by atoms with E-state index in [-0.39, 0.29) is 5.56 Å². The third kappa shape index (κ3) is 2.60. The molecule has 2 aromatic rings. The van der Waals surface area contributed by atoms with Crippen molar-refractivity contribution in [3.05, 3.63) is 59.3 Å². The molecule has 0 saturated carbocycles. The number of carboxylic acid groups (broad SMARTS) is 1. The zero-order valence-electron chi connectivity index (χ0n) is 9.87. The Hall–Kier alpha value is -2.49. The number of aromatic carboxylic acids is 1. The smallest absolute Gasteiger partial charge is 0.336 e. The largest absolute Gasteiger partial charge is 0.478 e. The Morgan fingerprint density at radius 1 is 1.28 bits per heavy atom. The summed E-state index contributed by atoms with van der Waals surface area (Å²) in [7, 11) is 0. The van der Waals surface area contributed by atoms with Crippen molar-refractivity contribution < 1.29 is 9.90 Å². The molecule has 0 saturated heterocycles. The fraction of sp³-hybridized carbons (Fsp3) is 0.0714. The van der Waals surface area contributed by atoms with Crippen LogP contribution in [-0.2, 0) is 0 Å². The number of aliphatic imine (C=N–C) groups is 1. The minimum absolute atomic E-state index is 0.231. The first-order valence-corrected chi connectivity index (χ1v) is 5.46. The van der Waals surface area contributed by atoms with Crippen LogP contribution < -0.4 is 0 Å². The highest BCUT2D eigenvalue weighted by Gasteiger charge is 2.06. The topological polar surface area (TPSA) is 62.5 Å². The number of rotatable bonds is 3. The van der Waals surface area contributed by atoms with Gasteiger partial charge >= 0.3 is 5.97 Å². The van der Waals surface area contributed by atoms with E-state index in [1.54, 1.807) is 30.5 Å². The second kappa shape index (κ2) is 5.23. The molecule has 18 heavy (non-hydrogen) atoms. The zero-order valence-corrected chi connectivity index (χ0v) is 9.87. The van der Waals surface area contributed by atoms with E-state index in [9.17, 15) is 4.79 Å². The van der Waals surface area contributed by atoms with Gasteiger partial charge in [-0.25, -0.2) is 14.8 Å². The van der Waals surface area contributed by atoms with Crippen molar-refractivity contribution in [3.8, 4) is 0 Å². The molecule has 0 unspecified atom stereocenters. The second-order valence-corrected chi connectivity index (χ2v) is 3.79. The summed E-state index contributed by atoms with van der Waals surface area (Å²) in [5, 5.41) is 9.04. The molecule has 0 aliphatic heterocycles. The fourth-order valence-electron chi connectivity index (χ4n) is 1.55. The molecular formula is C14H12N2O2. The van der Waals surface area contributed by atoms with Crippen LogP contribution >= 0.6 is 0 Å². The molecule has 0 amide bonds. The first-order valence-electron chi connectivity index (χ1n) is 5.46. The Morgan fingerprint density at radius 2 is 2.06 bits per heavy atom. The highest BCUT2D eigenvalue weighted by Crippen LogP contribution is 2.14. The molecule has 1 aromatic heterocycles. The molecule has 0 aliphatic rings. The average Bonchev–Trinajstić information content (AvgIpc) is 2.38. The summed E-state index contributed by atoms with van der Waals surface area (Å²) >= 11 is 0. The highest BCUT2D eigenvalue weighted by molar-refractivity contribution is 5.98. The van der Waals surface area contributed by atoms with E-state index in [0.717, 1.165) is 5.56 Å². The number of pyridine rings is 1. The van der Waals surface area contributed by atoms with Crippen LogP contribution in [0.15, 0.2) is 47.6 Å².